The van der Waals surface area contributed by atoms with E-state index in [0.29, 0.717) is 4.68 Å². The lowest BCUT2D eigenvalue weighted by Crippen LogP contribution is -2.45. The molecular weight excluding hydrogens is 460 g/mol. The summed E-state index contributed by atoms with van der Waals surface area (Å²) in [5.41, 5.74) is -2.82. The molecule has 2 atom stereocenters. The number of halogens is 6. The van der Waals surface area contributed by atoms with E-state index < -0.39 is 47.6 Å². The fourth-order valence-corrected chi connectivity index (χ4v) is 2.74. The van der Waals surface area contributed by atoms with Crippen LogP contribution in [0, 0.1) is 0 Å². The van der Waals surface area contributed by atoms with Gasteiger partial charge in [-0.2, -0.15) is 28.1 Å². The highest BCUT2D eigenvalue weighted by molar-refractivity contribution is 5.95. The van der Waals surface area contributed by atoms with Crippen LogP contribution < -0.4 is 10.9 Å². The molecule has 0 radical (unpaired) electrons. The first-order chi connectivity index (χ1) is 15.4. The molecule has 0 spiro atoms. The van der Waals surface area contributed by atoms with Crippen LogP contribution in [0.4, 0.5) is 26.3 Å². The van der Waals surface area contributed by atoms with Gasteiger partial charge in [0.2, 0.25) is 6.30 Å². The van der Waals surface area contributed by atoms with Crippen LogP contribution in [-0.4, -0.2) is 49.4 Å². The maximum Gasteiger partial charge on any atom is 0.416 e. The number of carbonyl (C=O) groups excluding carboxylic acids is 1. The first-order valence-electron chi connectivity index (χ1n) is 9.10. The lowest BCUT2D eigenvalue weighted by atomic mass is 10.1. The van der Waals surface area contributed by atoms with Crippen molar-refractivity contribution in [3.05, 3.63) is 64.2 Å². The van der Waals surface area contributed by atoms with Gasteiger partial charge in [0.05, 0.1) is 23.7 Å². The Morgan fingerprint density at radius 3 is 2.30 bits per heavy atom. The molecule has 8 nitrogen and oxygen atoms in total. The molecule has 0 bridgehead atoms. The molecule has 1 unspecified atom stereocenters. The highest BCUT2D eigenvalue weighted by atomic mass is 19.4. The normalized spacial score (nSPS) is 13.7. The number of aliphatic hydroxyl groups excluding tert-OH is 1. The van der Waals surface area contributed by atoms with Gasteiger partial charge in [0, 0.05) is 12.6 Å². The smallest absolute Gasteiger partial charge is 0.382 e. The number of alkyl halides is 6. The summed E-state index contributed by atoms with van der Waals surface area (Å²) in [6, 6.07) is 4.47. The van der Waals surface area contributed by atoms with Gasteiger partial charge in [-0.1, -0.05) is 12.1 Å². The zero-order valence-electron chi connectivity index (χ0n) is 16.6. The third kappa shape index (κ3) is 5.22. The number of aryl methyl sites for hydroxylation is 1. The Morgan fingerprint density at radius 1 is 1.15 bits per heavy atom. The van der Waals surface area contributed by atoms with Crippen LogP contribution in [0.25, 0.3) is 16.9 Å². The van der Waals surface area contributed by atoms with Crippen LogP contribution >= 0.6 is 0 Å². The zero-order chi connectivity index (χ0) is 24.5. The molecule has 1 amide bonds. The Morgan fingerprint density at radius 2 is 1.79 bits per heavy atom. The molecule has 2 heterocycles. The van der Waals surface area contributed by atoms with E-state index in [0.717, 1.165) is 30.3 Å². The number of nitrogens with zero attached hydrogens (tertiary/aromatic N) is 4. The summed E-state index contributed by atoms with van der Waals surface area (Å²) in [7, 11) is 1.52. The number of hydrogen-bond donors (Lipinski definition) is 2. The van der Waals surface area contributed by atoms with Crippen molar-refractivity contribution in [2.75, 3.05) is 0 Å². The second-order valence-corrected chi connectivity index (χ2v) is 6.81. The van der Waals surface area contributed by atoms with E-state index in [1.807, 2.05) is 0 Å². The fraction of sp³-hybridized carbons (Fsp3) is 0.263. The monoisotopic (exact) mass is 475 g/mol. The van der Waals surface area contributed by atoms with Crippen LogP contribution in [0.2, 0.25) is 0 Å². The van der Waals surface area contributed by atoms with Gasteiger partial charge in [-0.15, -0.1) is 0 Å². The molecule has 3 aromatic rings. The number of nitrogens with one attached hydrogen (secondary N) is 1. The molecule has 3 rings (SSSR count). The topological polar surface area (TPSA) is 102 Å². The van der Waals surface area contributed by atoms with Gasteiger partial charge in [-0.3, -0.25) is 14.3 Å². The zero-order valence-corrected chi connectivity index (χ0v) is 16.6. The maximum absolute atomic E-state index is 13.8. The van der Waals surface area contributed by atoms with Crippen molar-refractivity contribution >= 4 is 5.91 Å². The van der Waals surface area contributed by atoms with Crippen LogP contribution in [-0.2, 0) is 13.2 Å². The fourth-order valence-electron chi connectivity index (χ4n) is 2.74. The van der Waals surface area contributed by atoms with Crippen molar-refractivity contribution in [2.24, 2.45) is 7.05 Å². The highest BCUT2D eigenvalue weighted by Gasteiger charge is 2.31. The van der Waals surface area contributed by atoms with Crippen molar-refractivity contribution in [1.82, 2.24) is 24.9 Å². The van der Waals surface area contributed by atoms with Crippen LogP contribution in [0.5, 0.6) is 0 Å². The predicted octanol–water partition coefficient (Wildman–Crippen LogP) is 2.30. The Kier molecular flexibility index (Phi) is 6.58. The van der Waals surface area contributed by atoms with Crippen LogP contribution in [0.1, 0.15) is 15.9 Å². The molecule has 0 fully saturated rings. The SMILES string of the molecule is Cn1cc(-n2nc(-c3ccc(C(F)(F)F)cc3)cc(C(=O)NC(F)[C@H](O)C(F)F)c2=O)cn1. The van der Waals surface area contributed by atoms with Gasteiger partial charge in [0.15, 0.2) is 6.10 Å². The van der Waals surface area contributed by atoms with Crippen molar-refractivity contribution in [3.8, 4) is 16.9 Å². The summed E-state index contributed by atoms with van der Waals surface area (Å²) in [4.78, 5) is 25.2. The third-order valence-corrected chi connectivity index (χ3v) is 4.43. The van der Waals surface area contributed by atoms with E-state index in [-0.39, 0.29) is 16.9 Å². The van der Waals surface area contributed by atoms with E-state index in [2.05, 4.69) is 10.2 Å². The standard InChI is InChI=1S/C19H15F6N5O3/c1-29-8-11(7-26-29)30-18(33)12(17(32)27-16(22)14(31)15(20)21)6-13(28-30)9-2-4-10(5-3-9)19(23,24)25/h2-8,14-16,31H,1H3,(H,27,32)/t14-,16?/m1/s1. The molecule has 14 heteroatoms. The summed E-state index contributed by atoms with van der Waals surface area (Å²) < 4.78 is 79.3. The van der Waals surface area contributed by atoms with Gasteiger partial charge in [0.1, 0.15) is 11.3 Å². The number of carbonyl (C=O) groups is 1. The molecule has 0 saturated carbocycles. The van der Waals surface area contributed by atoms with E-state index in [9.17, 15) is 35.9 Å². The first kappa shape index (κ1) is 24.0. The summed E-state index contributed by atoms with van der Waals surface area (Å²) in [5, 5.41) is 18.4. The van der Waals surface area contributed by atoms with E-state index in [1.165, 1.54) is 29.4 Å². The number of hydrogen-bond acceptors (Lipinski definition) is 5. The van der Waals surface area contributed by atoms with Gasteiger partial charge < -0.3 is 10.4 Å². The van der Waals surface area contributed by atoms with Crippen molar-refractivity contribution < 1.29 is 36.2 Å². The first-order valence-corrected chi connectivity index (χ1v) is 9.10. The number of aromatic nitrogens is 4. The van der Waals surface area contributed by atoms with Crippen molar-refractivity contribution in [2.45, 2.75) is 25.0 Å². The quantitative estimate of drug-likeness (QED) is 0.421. The van der Waals surface area contributed by atoms with E-state index in [4.69, 9.17) is 5.11 Å². The lowest BCUT2D eigenvalue weighted by Gasteiger charge is -2.16. The summed E-state index contributed by atoms with van der Waals surface area (Å²) in [6.45, 7) is 0. The molecule has 33 heavy (non-hydrogen) atoms. The van der Waals surface area contributed by atoms with Crippen molar-refractivity contribution in [3.63, 3.8) is 0 Å². The van der Waals surface area contributed by atoms with Crippen LogP contribution in [0.15, 0.2) is 47.5 Å². The van der Waals surface area contributed by atoms with Gasteiger partial charge in [-0.05, 0) is 18.2 Å². The third-order valence-electron chi connectivity index (χ3n) is 4.43. The summed E-state index contributed by atoms with van der Waals surface area (Å²) >= 11 is 0. The average Bonchev–Trinajstić information content (AvgIpc) is 3.18. The van der Waals surface area contributed by atoms with Crippen LogP contribution in [0.3, 0.4) is 0 Å². The Labute approximate surface area is 181 Å². The Hall–Kier alpha value is -3.68. The number of aliphatic hydroxyl groups is 1. The minimum absolute atomic E-state index is 0.0646. The highest BCUT2D eigenvalue weighted by Crippen LogP contribution is 2.30. The Bertz CT molecular complexity index is 1210. The minimum Gasteiger partial charge on any atom is -0.382 e. The predicted molar refractivity (Wildman–Crippen MR) is 101 cm³/mol. The minimum atomic E-state index is -4.60. The molecule has 2 aromatic heterocycles. The summed E-state index contributed by atoms with van der Waals surface area (Å²) in [5.74, 6) is -1.44. The van der Waals surface area contributed by atoms with E-state index >= 15 is 0 Å². The van der Waals surface area contributed by atoms with Gasteiger partial charge >= 0.3 is 6.18 Å². The molecule has 0 aliphatic rings. The molecule has 0 aliphatic heterocycles. The molecule has 176 valence electrons. The average molecular weight is 475 g/mol. The Balaban J connectivity index is 2.09. The largest absolute Gasteiger partial charge is 0.416 e. The molecular formula is C19H15F6N5O3. The van der Waals surface area contributed by atoms with Crippen molar-refractivity contribution in [1.29, 1.82) is 0 Å². The number of amides is 1. The number of rotatable bonds is 6. The molecule has 1 aromatic carbocycles. The lowest BCUT2D eigenvalue weighted by molar-refractivity contribution is -0.137. The maximum atomic E-state index is 13.8. The molecule has 2 N–H and O–H groups in total. The van der Waals surface area contributed by atoms with Gasteiger partial charge in [0.25, 0.3) is 17.9 Å². The molecule has 0 aliphatic carbocycles. The van der Waals surface area contributed by atoms with E-state index in [1.54, 1.807) is 0 Å². The summed E-state index contributed by atoms with van der Waals surface area (Å²) in [6.07, 6.45) is -11.3. The second-order valence-electron chi connectivity index (χ2n) is 6.81. The second kappa shape index (κ2) is 9.05. The van der Waals surface area contributed by atoms with Gasteiger partial charge in [-0.25, -0.2) is 13.2 Å². The number of benzene rings is 1. The molecule has 0 saturated heterocycles.